The molecule has 202 valence electrons. The van der Waals surface area contributed by atoms with Gasteiger partial charge in [0, 0.05) is 32.3 Å². The molecule has 1 aliphatic rings. The monoisotopic (exact) mass is 512 g/mol. The molecule has 1 unspecified atom stereocenters. The van der Waals surface area contributed by atoms with Crippen LogP contribution in [-0.2, 0) is 28.3 Å². The number of carbonyl (C=O) groups excluding carboxylic acids is 2. The minimum Gasteiger partial charge on any atom is -0.481 e. The standard InChI is InChI=1S/C27H48O7Si/c1-10-12-13-14-22(32-19(3)28)16-15-21-17-23(34-35(8,9)26(5,6)7)18-27(21,33-20(4)29)24(11-2)25(30)31/h15-16,21-24H,10-14,17-18H2,1-9H3,(H,30,31)/b16-15+/t21?,22-,23+,24+,27-/m0/s1. The largest absolute Gasteiger partial charge is 0.481 e. The molecule has 0 spiro atoms. The first kappa shape index (κ1) is 31.4. The van der Waals surface area contributed by atoms with Crippen molar-refractivity contribution in [2.24, 2.45) is 11.8 Å². The van der Waals surface area contributed by atoms with Crippen LogP contribution in [0.5, 0.6) is 0 Å². The molecule has 0 amide bonds. The molecule has 1 N–H and O–H groups in total. The maximum Gasteiger partial charge on any atom is 0.310 e. The van der Waals surface area contributed by atoms with Gasteiger partial charge in [0.2, 0.25) is 0 Å². The van der Waals surface area contributed by atoms with Gasteiger partial charge in [0.05, 0.1) is 5.92 Å². The number of rotatable bonds is 13. The number of hydrogen-bond donors (Lipinski definition) is 1. The van der Waals surface area contributed by atoms with Crippen molar-refractivity contribution in [1.82, 2.24) is 0 Å². The Labute approximate surface area is 213 Å². The van der Waals surface area contributed by atoms with E-state index in [4.69, 9.17) is 13.9 Å². The van der Waals surface area contributed by atoms with Crippen molar-refractivity contribution in [2.45, 2.75) is 129 Å². The maximum absolute atomic E-state index is 12.3. The van der Waals surface area contributed by atoms with Gasteiger partial charge in [-0.15, -0.1) is 0 Å². The van der Waals surface area contributed by atoms with Crippen molar-refractivity contribution in [3.8, 4) is 0 Å². The van der Waals surface area contributed by atoms with Crippen LogP contribution in [0.3, 0.4) is 0 Å². The van der Waals surface area contributed by atoms with Gasteiger partial charge in [0.1, 0.15) is 11.7 Å². The lowest BCUT2D eigenvalue weighted by Crippen LogP contribution is -2.49. The molecule has 0 heterocycles. The molecule has 0 aromatic carbocycles. The molecule has 0 aliphatic heterocycles. The van der Waals surface area contributed by atoms with Crippen LogP contribution >= 0.6 is 0 Å². The van der Waals surface area contributed by atoms with Gasteiger partial charge in [-0.3, -0.25) is 14.4 Å². The summed E-state index contributed by atoms with van der Waals surface area (Å²) in [6.07, 6.45) is 8.01. The Balaban J connectivity index is 3.43. The van der Waals surface area contributed by atoms with E-state index in [0.29, 0.717) is 25.7 Å². The zero-order valence-electron chi connectivity index (χ0n) is 23.3. The number of carboxylic acid groups (broad SMARTS) is 1. The third kappa shape index (κ3) is 8.74. The fraction of sp³-hybridized carbons (Fsp3) is 0.815. The van der Waals surface area contributed by atoms with Crippen molar-refractivity contribution in [3.05, 3.63) is 12.2 Å². The number of esters is 2. The van der Waals surface area contributed by atoms with Crippen molar-refractivity contribution in [3.63, 3.8) is 0 Å². The molecule has 0 bridgehead atoms. The van der Waals surface area contributed by atoms with Gasteiger partial charge in [0.15, 0.2) is 8.32 Å². The third-order valence-corrected chi connectivity index (χ3v) is 12.1. The zero-order chi connectivity index (χ0) is 27.0. The number of ether oxygens (including phenoxy) is 2. The van der Waals surface area contributed by atoms with Crippen LogP contribution in [0.1, 0.15) is 93.4 Å². The molecular weight excluding hydrogens is 464 g/mol. The highest BCUT2D eigenvalue weighted by Crippen LogP contribution is 2.50. The molecular formula is C27H48O7Si. The summed E-state index contributed by atoms with van der Waals surface area (Å²) in [6, 6.07) is 0. The van der Waals surface area contributed by atoms with E-state index in [1.165, 1.54) is 13.8 Å². The van der Waals surface area contributed by atoms with E-state index in [0.717, 1.165) is 19.3 Å². The fourth-order valence-electron chi connectivity index (χ4n) is 4.85. The highest BCUT2D eigenvalue weighted by molar-refractivity contribution is 6.74. The summed E-state index contributed by atoms with van der Waals surface area (Å²) in [5, 5.41) is 10.1. The van der Waals surface area contributed by atoms with Crippen molar-refractivity contribution < 1.29 is 33.4 Å². The Morgan fingerprint density at radius 1 is 1.11 bits per heavy atom. The highest BCUT2D eigenvalue weighted by Gasteiger charge is 2.57. The molecule has 0 aromatic rings. The average Bonchev–Trinajstić information content (AvgIpc) is 3.00. The number of carbonyl (C=O) groups is 3. The molecule has 5 atom stereocenters. The Hall–Kier alpha value is -1.67. The Kier molecular flexibility index (Phi) is 11.7. The molecule has 0 radical (unpaired) electrons. The lowest BCUT2D eigenvalue weighted by atomic mass is 9.76. The molecule has 8 heteroatoms. The van der Waals surface area contributed by atoms with Gasteiger partial charge in [-0.1, -0.05) is 53.5 Å². The predicted octanol–water partition coefficient (Wildman–Crippen LogP) is 6.27. The van der Waals surface area contributed by atoms with Crippen LogP contribution in [0.25, 0.3) is 0 Å². The summed E-state index contributed by atoms with van der Waals surface area (Å²) in [5.41, 5.74) is -1.22. The lowest BCUT2D eigenvalue weighted by Gasteiger charge is -2.40. The lowest BCUT2D eigenvalue weighted by molar-refractivity contribution is -0.176. The molecule has 35 heavy (non-hydrogen) atoms. The molecule has 1 aliphatic carbocycles. The first-order valence-corrected chi connectivity index (χ1v) is 16.0. The SMILES string of the molecule is CCCCC[C@@H](/C=C/C1C[C@@H](O[Si](C)(C)C(C)(C)C)C[C@@]1(OC(C)=O)[C@H](CC)C(=O)O)OC(C)=O. The van der Waals surface area contributed by atoms with Gasteiger partial charge >= 0.3 is 17.9 Å². The minimum atomic E-state index is -2.14. The smallest absolute Gasteiger partial charge is 0.310 e. The first-order chi connectivity index (χ1) is 16.1. The van der Waals surface area contributed by atoms with E-state index in [-0.39, 0.29) is 23.0 Å². The fourth-order valence-corrected chi connectivity index (χ4v) is 6.21. The van der Waals surface area contributed by atoms with Crippen molar-refractivity contribution in [2.75, 3.05) is 0 Å². The number of hydrogen-bond acceptors (Lipinski definition) is 6. The molecule has 0 saturated heterocycles. The maximum atomic E-state index is 12.3. The van der Waals surface area contributed by atoms with Crippen LogP contribution in [-0.4, -0.2) is 49.1 Å². The van der Waals surface area contributed by atoms with Gasteiger partial charge in [0.25, 0.3) is 0 Å². The van der Waals surface area contributed by atoms with Crippen LogP contribution in [0, 0.1) is 11.8 Å². The van der Waals surface area contributed by atoms with E-state index in [9.17, 15) is 19.5 Å². The summed E-state index contributed by atoms with van der Waals surface area (Å²) in [4.78, 5) is 36.3. The third-order valence-electron chi connectivity index (χ3n) is 7.56. The Morgan fingerprint density at radius 3 is 2.20 bits per heavy atom. The van der Waals surface area contributed by atoms with Crippen LogP contribution in [0.4, 0.5) is 0 Å². The second kappa shape index (κ2) is 13.0. The van der Waals surface area contributed by atoms with E-state index < -0.39 is 37.9 Å². The second-order valence-electron chi connectivity index (χ2n) is 11.4. The average molecular weight is 513 g/mol. The van der Waals surface area contributed by atoms with Crippen LogP contribution in [0.2, 0.25) is 18.1 Å². The van der Waals surface area contributed by atoms with E-state index in [1.807, 2.05) is 12.2 Å². The summed E-state index contributed by atoms with van der Waals surface area (Å²) in [6.45, 7) is 17.5. The first-order valence-electron chi connectivity index (χ1n) is 13.0. The Bertz CT molecular complexity index is 755. The predicted molar refractivity (Wildman–Crippen MR) is 140 cm³/mol. The number of aliphatic carboxylic acids is 1. The molecule has 1 rings (SSSR count). The van der Waals surface area contributed by atoms with Crippen LogP contribution < -0.4 is 0 Å². The normalized spacial score (nSPS) is 24.8. The molecule has 0 aromatic heterocycles. The van der Waals surface area contributed by atoms with Crippen molar-refractivity contribution >= 4 is 26.2 Å². The number of unbranched alkanes of at least 4 members (excludes halogenated alkanes) is 2. The van der Waals surface area contributed by atoms with Crippen LogP contribution in [0.15, 0.2) is 12.2 Å². The van der Waals surface area contributed by atoms with Gasteiger partial charge in [-0.05, 0) is 49.9 Å². The van der Waals surface area contributed by atoms with E-state index >= 15 is 0 Å². The quantitative estimate of drug-likeness (QED) is 0.134. The van der Waals surface area contributed by atoms with Gasteiger partial charge < -0.3 is 19.0 Å². The topological polar surface area (TPSA) is 99.1 Å². The van der Waals surface area contributed by atoms with E-state index in [2.05, 4.69) is 40.8 Å². The summed E-state index contributed by atoms with van der Waals surface area (Å²) < 4.78 is 18.1. The Morgan fingerprint density at radius 2 is 1.74 bits per heavy atom. The summed E-state index contributed by atoms with van der Waals surface area (Å²) in [5.74, 6) is -3.09. The second-order valence-corrected chi connectivity index (χ2v) is 16.2. The summed E-state index contributed by atoms with van der Waals surface area (Å²) in [7, 11) is -2.14. The number of carboxylic acids is 1. The highest BCUT2D eigenvalue weighted by atomic mass is 28.4. The molecule has 1 fully saturated rings. The summed E-state index contributed by atoms with van der Waals surface area (Å²) >= 11 is 0. The molecule has 7 nitrogen and oxygen atoms in total. The van der Waals surface area contributed by atoms with Crippen molar-refractivity contribution in [1.29, 1.82) is 0 Å². The molecule has 1 saturated carbocycles. The van der Waals surface area contributed by atoms with Gasteiger partial charge in [-0.2, -0.15) is 0 Å². The van der Waals surface area contributed by atoms with Gasteiger partial charge in [-0.25, -0.2) is 0 Å². The zero-order valence-corrected chi connectivity index (χ0v) is 24.3. The van der Waals surface area contributed by atoms with E-state index in [1.54, 1.807) is 6.92 Å². The minimum absolute atomic E-state index is 0.0122.